The van der Waals surface area contributed by atoms with E-state index in [4.69, 9.17) is 0 Å². The number of hydrogen-bond acceptors (Lipinski definition) is 3. The molecule has 3 rings (SSSR count). The van der Waals surface area contributed by atoms with Gasteiger partial charge in [0.2, 0.25) is 0 Å². The molecule has 0 saturated heterocycles. The number of aliphatic hydroxyl groups is 1. The first kappa shape index (κ1) is 17.5. The highest BCUT2D eigenvalue weighted by molar-refractivity contribution is 5.88. The van der Waals surface area contributed by atoms with E-state index >= 15 is 0 Å². The van der Waals surface area contributed by atoms with E-state index < -0.39 is 5.60 Å². The molecule has 1 fully saturated rings. The normalized spacial score (nSPS) is 17.7. The van der Waals surface area contributed by atoms with Crippen molar-refractivity contribution in [3.8, 4) is 0 Å². The highest BCUT2D eigenvalue weighted by atomic mass is 16.3. The van der Waals surface area contributed by atoms with Crippen LogP contribution >= 0.6 is 0 Å². The molecule has 6 nitrogen and oxygen atoms in total. The van der Waals surface area contributed by atoms with E-state index in [2.05, 4.69) is 15.7 Å². The largest absolute Gasteiger partial charge is 0.388 e. The van der Waals surface area contributed by atoms with Crippen molar-refractivity contribution in [3.05, 3.63) is 48.2 Å². The summed E-state index contributed by atoms with van der Waals surface area (Å²) < 4.78 is 1.78. The Labute approximate surface area is 148 Å². The van der Waals surface area contributed by atoms with Gasteiger partial charge in [-0.25, -0.2) is 9.48 Å². The van der Waals surface area contributed by atoms with Crippen molar-refractivity contribution in [3.63, 3.8) is 0 Å². The Hall–Kier alpha value is -2.34. The van der Waals surface area contributed by atoms with Gasteiger partial charge >= 0.3 is 6.03 Å². The second-order valence-corrected chi connectivity index (χ2v) is 6.84. The molecule has 0 aliphatic heterocycles. The smallest absolute Gasteiger partial charge is 0.320 e. The molecule has 2 amide bonds. The van der Waals surface area contributed by atoms with E-state index in [-0.39, 0.29) is 18.6 Å². The molecule has 6 heteroatoms. The van der Waals surface area contributed by atoms with E-state index in [0.29, 0.717) is 5.82 Å². The quantitative estimate of drug-likeness (QED) is 0.780. The Morgan fingerprint density at radius 2 is 1.96 bits per heavy atom. The molecule has 134 valence electrons. The van der Waals surface area contributed by atoms with Crippen LogP contribution in [-0.2, 0) is 0 Å². The third kappa shape index (κ3) is 4.39. The first-order valence-corrected chi connectivity index (χ1v) is 8.93. The summed E-state index contributed by atoms with van der Waals surface area (Å²) in [6.45, 7) is 2.32. The minimum Gasteiger partial charge on any atom is -0.388 e. The lowest BCUT2D eigenvalue weighted by molar-refractivity contribution is 0.00755. The maximum Gasteiger partial charge on any atom is 0.320 e. The van der Waals surface area contributed by atoms with Crippen molar-refractivity contribution in [1.29, 1.82) is 0 Å². The number of anilines is 1. The molecular formula is C19H26N4O2. The molecule has 1 aromatic heterocycles. The number of amides is 2. The maximum atomic E-state index is 12.2. The van der Waals surface area contributed by atoms with Crippen LogP contribution in [0.25, 0.3) is 0 Å². The van der Waals surface area contributed by atoms with Crippen LogP contribution in [0.1, 0.15) is 50.6 Å². The summed E-state index contributed by atoms with van der Waals surface area (Å²) in [7, 11) is 0. The molecule has 0 spiro atoms. The van der Waals surface area contributed by atoms with Crippen LogP contribution in [0.4, 0.5) is 10.6 Å². The lowest BCUT2D eigenvalue weighted by atomic mass is 9.85. The zero-order valence-electron chi connectivity index (χ0n) is 14.6. The molecule has 1 aliphatic rings. The number of hydrogen-bond donors (Lipinski definition) is 3. The molecule has 1 heterocycles. The third-order valence-corrected chi connectivity index (χ3v) is 4.92. The molecule has 0 bridgehead atoms. The minimum atomic E-state index is -0.771. The molecule has 25 heavy (non-hydrogen) atoms. The highest BCUT2D eigenvalue weighted by Crippen LogP contribution is 2.27. The Kier molecular flexibility index (Phi) is 5.38. The number of urea groups is 1. The standard InChI is InChI=1S/C19H26N4O2/c1-15(16-8-4-2-5-9-16)23-17(10-13-21-23)22-18(24)20-14-19(25)11-6-3-7-12-19/h2,4-5,8-10,13,15,25H,3,6-7,11-12,14H2,1H3,(H2,20,22,24)/t15-/m1/s1. The second kappa shape index (κ2) is 7.70. The summed E-state index contributed by atoms with van der Waals surface area (Å²) in [4.78, 5) is 12.2. The van der Waals surface area contributed by atoms with E-state index in [0.717, 1.165) is 37.7 Å². The summed E-state index contributed by atoms with van der Waals surface area (Å²) >= 11 is 0. The summed E-state index contributed by atoms with van der Waals surface area (Å²) in [6, 6.07) is 11.5. The van der Waals surface area contributed by atoms with Gasteiger partial charge < -0.3 is 10.4 Å². The van der Waals surface area contributed by atoms with Gasteiger partial charge in [0, 0.05) is 12.6 Å². The van der Waals surface area contributed by atoms with Gasteiger partial charge in [0.05, 0.1) is 17.8 Å². The lowest BCUT2D eigenvalue weighted by Crippen LogP contribution is -2.45. The van der Waals surface area contributed by atoms with Crippen molar-refractivity contribution >= 4 is 11.8 Å². The number of rotatable bonds is 5. The number of nitrogens with one attached hydrogen (secondary N) is 2. The first-order chi connectivity index (χ1) is 12.1. The highest BCUT2D eigenvalue weighted by Gasteiger charge is 2.29. The van der Waals surface area contributed by atoms with Crippen LogP contribution in [0.3, 0.4) is 0 Å². The Morgan fingerprint density at radius 1 is 1.24 bits per heavy atom. The molecule has 1 saturated carbocycles. The summed E-state index contributed by atoms with van der Waals surface area (Å²) in [5, 5.41) is 20.4. The Bertz CT molecular complexity index is 692. The number of aromatic nitrogens is 2. The van der Waals surface area contributed by atoms with E-state index in [1.165, 1.54) is 0 Å². The zero-order valence-corrected chi connectivity index (χ0v) is 14.6. The predicted octanol–water partition coefficient (Wildman–Crippen LogP) is 3.31. The van der Waals surface area contributed by atoms with Crippen LogP contribution in [0, 0.1) is 0 Å². The van der Waals surface area contributed by atoms with Gasteiger partial charge in [0.25, 0.3) is 0 Å². The first-order valence-electron chi connectivity index (χ1n) is 8.93. The number of carbonyl (C=O) groups is 1. The van der Waals surface area contributed by atoms with Crippen LogP contribution < -0.4 is 10.6 Å². The van der Waals surface area contributed by atoms with Gasteiger partial charge in [-0.2, -0.15) is 5.10 Å². The molecule has 1 aromatic carbocycles. The van der Waals surface area contributed by atoms with Gasteiger partial charge in [-0.3, -0.25) is 5.32 Å². The van der Waals surface area contributed by atoms with Crippen molar-refractivity contribution < 1.29 is 9.90 Å². The summed E-state index contributed by atoms with van der Waals surface area (Å²) in [6.07, 6.45) is 6.35. The van der Waals surface area contributed by atoms with Gasteiger partial charge in [-0.1, -0.05) is 49.6 Å². The van der Waals surface area contributed by atoms with Crippen molar-refractivity contribution in [2.45, 2.75) is 50.7 Å². The topological polar surface area (TPSA) is 79.2 Å². The Morgan fingerprint density at radius 3 is 2.68 bits per heavy atom. The fourth-order valence-electron chi connectivity index (χ4n) is 3.39. The Balaban J connectivity index is 1.60. The van der Waals surface area contributed by atoms with E-state index in [9.17, 15) is 9.90 Å². The van der Waals surface area contributed by atoms with Crippen molar-refractivity contribution in [1.82, 2.24) is 15.1 Å². The fourth-order valence-corrected chi connectivity index (χ4v) is 3.39. The average molecular weight is 342 g/mol. The SMILES string of the molecule is C[C@H](c1ccccc1)n1nccc1NC(=O)NCC1(O)CCCCC1. The van der Waals surface area contributed by atoms with Gasteiger partial charge in [-0.05, 0) is 25.3 Å². The van der Waals surface area contributed by atoms with E-state index in [1.807, 2.05) is 37.3 Å². The molecule has 0 radical (unpaired) electrons. The van der Waals surface area contributed by atoms with Crippen LogP contribution in [0.5, 0.6) is 0 Å². The molecule has 1 atom stereocenters. The number of carbonyl (C=O) groups excluding carboxylic acids is 1. The number of benzene rings is 1. The predicted molar refractivity (Wildman–Crippen MR) is 97.5 cm³/mol. The molecule has 2 aromatic rings. The molecule has 0 unspecified atom stereocenters. The van der Waals surface area contributed by atoms with Crippen LogP contribution in [0.15, 0.2) is 42.6 Å². The lowest BCUT2D eigenvalue weighted by Gasteiger charge is -2.32. The second-order valence-electron chi connectivity index (χ2n) is 6.84. The van der Waals surface area contributed by atoms with Crippen LogP contribution in [0.2, 0.25) is 0 Å². The third-order valence-electron chi connectivity index (χ3n) is 4.92. The minimum absolute atomic E-state index is 0.00836. The van der Waals surface area contributed by atoms with Gasteiger partial charge in [-0.15, -0.1) is 0 Å². The van der Waals surface area contributed by atoms with Crippen molar-refractivity contribution in [2.24, 2.45) is 0 Å². The molecule has 1 aliphatic carbocycles. The average Bonchev–Trinajstić information content (AvgIpc) is 3.09. The summed E-state index contributed by atoms with van der Waals surface area (Å²) in [5.74, 6) is 0.629. The van der Waals surface area contributed by atoms with Crippen molar-refractivity contribution in [2.75, 3.05) is 11.9 Å². The zero-order chi connectivity index (χ0) is 17.7. The van der Waals surface area contributed by atoms with Crippen LogP contribution in [-0.4, -0.2) is 33.1 Å². The van der Waals surface area contributed by atoms with Gasteiger partial charge in [0.15, 0.2) is 0 Å². The van der Waals surface area contributed by atoms with E-state index in [1.54, 1.807) is 16.9 Å². The number of nitrogens with zero attached hydrogens (tertiary/aromatic N) is 2. The maximum absolute atomic E-state index is 12.2. The fraction of sp³-hybridized carbons (Fsp3) is 0.474. The van der Waals surface area contributed by atoms with Gasteiger partial charge in [0.1, 0.15) is 5.82 Å². The summed E-state index contributed by atoms with van der Waals surface area (Å²) in [5.41, 5.74) is 0.346. The molecule has 3 N–H and O–H groups in total. The molecular weight excluding hydrogens is 316 g/mol. The monoisotopic (exact) mass is 342 g/mol.